The number of hydrogen-bond donors (Lipinski definition) is 0. The fourth-order valence-electron chi connectivity index (χ4n) is 1.38. The third-order valence-corrected chi connectivity index (χ3v) is 3.65. The van der Waals surface area contributed by atoms with Crippen LogP contribution < -0.4 is 0 Å². The van der Waals surface area contributed by atoms with Gasteiger partial charge in [-0.05, 0) is 34.0 Å². The third kappa shape index (κ3) is 23.4. The van der Waals surface area contributed by atoms with Crippen LogP contribution in [0.4, 0.5) is 0 Å². The molecule has 5 heteroatoms. The number of hydrogen-bond acceptors (Lipinski definition) is 4. The summed E-state index contributed by atoms with van der Waals surface area (Å²) in [6, 6.07) is 0. The molecule has 4 nitrogen and oxygen atoms in total. The summed E-state index contributed by atoms with van der Waals surface area (Å²) in [7, 11) is 2.77. The Bertz CT molecular complexity index is 261. The second-order valence-electron chi connectivity index (χ2n) is 5.19. The summed E-state index contributed by atoms with van der Waals surface area (Å²) in [6.45, 7) is 4.38. The van der Waals surface area contributed by atoms with Crippen LogP contribution in [0, 0.1) is 0 Å². The van der Waals surface area contributed by atoms with E-state index in [1.54, 1.807) is 0 Å². The van der Waals surface area contributed by atoms with Gasteiger partial charge in [-0.3, -0.25) is 4.18 Å². The van der Waals surface area contributed by atoms with Crippen molar-refractivity contribution in [1.82, 2.24) is 4.90 Å². The normalized spacial score (nSPS) is 11.3. The second kappa shape index (κ2) is 14.3. The quantitative estimate of drug-likeness (QED) is 0.458. The highest BCUT2D eigenvalue weighted by Crippen LogP contribution is 2.06. The molecule has 0 aliphatic rings. The molecule has 0 unspecified atom stereocenters. The molecule has 0 spiro atoms. The molecular formula is C14H33NO3S. The van der Waals surface area contributed by atoms with Gasteiger partial charge in [0.15, 0.2) is 0 Å². The van der Waals surface area contributed by atoms with E-state index in [-0.39, 0.29) is 5.75 Å². The summed E-state index contributed by atoms with van der Waals surface area (Å²) in [6.07, 6.45) is 7.49. The van der Waals surface area contributed by atoms with Crippen LogP contribution in [-0.2, 0) is 14.3 Å². The van der Waals surface area contributed by atoms with Crippen molar-refractivity contribution in [3.8, 4) is 0 Å². The Morgan fingerprint density at radius 3 is 1.79 bits per heavy atom. The van der Waals surface area contributed by atoms with Crippen LogP contribution in [0.15, 0.2) is 0 Å². The van der Waals surface area contributed by atoms with Crippen LogP contribution in [0.5, 0.6) is 0 Å². The van der Waals surface area contributed by atoms with Gasteiger partial charge in [-0.15, -0.1) is 0 Å². The van der Waals surface area contributed by atoms with E-state index in [1.165, 1.54) is 25.7 Å². The maximum absolute atomic E-state index is 11.1. The van der Waals surface area contributed by atoms with Crippen molar-refractivity contribution in [2.45, 2.75) is 58.8 Å². The molecule has 0 aliphatic heterocycles. The van der Waals surface area contributed by atoms with Crippen LogP contribution in [0.1, 0.15) is 58.8 Å². The first-order valence-electron chi connectivity index (χ1n) is 7.33. The van der Waals surface area contributed by atoms with Gasteiger partial charge in [-0.1, -0.05) is 46.0 Å². The Kier molecular flexibility index (Phi) is 15.9. The first-order valence-corrected chi connectivity index (χ1v) is 8.91. The Morgan fingerprint density at radius 1 is 0.842 bits per heavy atom. The van der Waals surface area contributed by atoms with Crippen molar-refractivity contribution >= 4 is 10.1 Å². The summed E-state index contributed by atoms with van der Waals surface area (Å²) >= 11 is 0. The lowest BCUT2D eigenvalue weighted by atomic mass is 10.1. The second-order valence-corrected chi connectivity index (χ2v) is 6.95. The molecular weight excluding hydrogens is 262 g/mol. The van der Waals surface area contributed by atoms with E-state index in [2.05, 4.69) is 6.92 Å². The molecule has 0 aromatic rings. The van der Waals surface area contributed by atoms with Gasteiger partial charge in [0.05, 0.1) is 12.4 Å². The van der Waals surface area contributed by atoms with Gasteiger partial charge in [-0.25, -0.2) is 0 Å². The highest BCUT2D eigenvalue weighted by molar-refractivity contribution is 7.86. The van der Waals surface area contributed by atoms with E-state index in [1.807, 2.05) is 33.0 Å². The summed E-state index contributed by atoms with van der Waals surface area (Å²) in [5, 5.41) is 0. The van der Waals surface area contributed by atoms with Gasteiger partial charge in [-0.2, -0.15) is 8.42 Å². The number of rotatable bonds is 10. The number of nitrogens with zero attached hydrogens (tertiary/aromatic N) is 1. The van der Waals surface area contributed by atoms with E-state index < -0.39 is 10.1 Å². The largest absolute Gasteiger partial charge is 0.312 e. The monoisotopic (exact) mass is 295 g/mol. The molecule has 0 aliphatic carbocycles. The minimum absolute atomic E-state index is 0.142. The van der Waals surface area contributed by atoms with E-state index in [0.29, 0.717) is 13.0 Å². The maximum Gasteiger partial charge on any atom is 0.267 e. The standard InChI is InChI=1S/C11H24O3S.C3H9N/c1-3-5-6-7-8-9-10-14-15(12,13)11-4-2;1-4(2)3/h3-11H2,1-2H3;1-3H3. The number of unbranched alkanes of at least 4 members (excludes halogenated alkanes) is 5. The van der Waals surface area contributed by atoms with Gasteiger partial charge >= 0.3 is 0 Å². The van der Waals surface area contributed by atoms with E-state index >= 15 is 0 Å². The Hall–Kier alpha value is -0.130. The van der Waals surface area contributed by atoms with E-state index in [4.69, 9.17) is 4.18 Å². The maximum atomic E-state index is 11.1. The fourth-order valence-corrected chi connectivity index (χ4v) is 2.37. The van der Waals surface area contributed by atoms with Crippen molar-refractivity contribution in [3.05, 3.63) is 0 Å². The summed E-state index contributed by atoms with van der Waals surface area (Å²) < 4.78 is 27.1. The Balaban J connectivity index is 0. The minimum Gasteiger partial charge on any atom is -0.312 e. The predicted octanol–water partition coefficient (Wildman–Crippen LogP) is 3.28. The molecule has 0 radical (unpaired) electrons. The molecule has 118 valence electrons. The highest BCUT2D eigenvalue weighted by Gasteiger charge is 2.08. The van der Waals surface area contributed by atoms with Gasteiger partial charge in [0.25, 0.3) is 10.1 Å². The van der Waals surface area contributed by atoms with Crippen LogP contribution in [0.3, 0.4) is 0 Å². The zero-order valence-electron chi connectivity index (χ0n) is 13.4. The van der Waals surface area contributed by atoms with E-state index in [9.17, 15) is 8.42 Å². The molecule has 0 fully saturated rings. The molecule has 0 rings (SSSR count). The lowest BCUT2D eigenvalue weighted by molar-refractivity contribution is 0.306. The average Bonchev–Trinajstić information content (AvgIpc) is 2.27. The predicted molar refractivity (Wildman–Crippen MR) is 83.0 cm³/mol. The van der Waals surface area contributed by atoms with Crippen molar-refractivity contribution in [1.29, 1.82) is 0 Å². The van der Waals surface area contributed by atoms with Crippen LogP contribution >= 0.6 is 0 Å². The summed E-state index contributed by atoms with van der Waals surface area (Å²) in [5.41, 5.74) is 0. The zero-order chi connectivity index (χ0) is 15.1. The topological polar surface area (TPSA) is 46.6 Å². The molecule has 0 N–H and O–H groups in total. The summed E-state index contributed by atoms with van der Waals surface area (Å²) in [5.74, 6) is 0.142. The molecule has 0 aromatic heterocycles. The molecule has 0 aromatic carbocycles. The fraction of sp³-hybridized carbons (Fsp3) is 1.00. The lowest BCUT2D eigenvalue weighted by Crippen LogP contribution is -2.10. The van der Waals surface area contributed by atoms with Crippen molar-refractivity contribution in [3.63, 3.8) is 0 Å². The Morgan fingerprint density at radius 2 is 1.32 bits per heavy atom. The summed E-state index contributed by atoms with van der Waals surface area (Å²) in [4.78, 5) is 2.00. The first kappa shape index (κ1) is 21.2. The van der Waals surface area contributed by atoms with Crippen LogP contribution in [0.2, 0.25) is 0 Å². The van der Waals surface area contributed by atoms with Gasteiger partial charge < -0.3 is 4.90 Å². The van der Waals surface area contributed by atoms with Gasteiger partial charge in [0, 0.05) is 0 Å². The third-order valence-electron chi connectivity index (χ3n) is 2.21. The van der Waals surface area contributed by atoms with Crippen LogP contribution in [0.25, 0.3) is 0 Å². The molecule has 0 saturated heterocycles. The first-order chi connectivity index (χ1) is 8.85. The lowest BCUT2D eigenvalue weighted by Gasteiger charge is -2.04. The smallest absolute Gasteiger partial charge is 0.267 e. The van der Waals surface area contributed by atoms with Crippen molar-refractivity contribution in [2.24, 2.45) is 0 Å². The SMILES string of the molecule is CCCCCCCCOS(=O)(=O)CCC.CN(C)C. The molecule has 0 saturated carbocycles. The average molecular weight is 295 g/mol. The molecule has 19 heavy (non-hydrogen) atoms. The molecule has 0 atom stereocenters. The van der Waals surface area contributed by atoms with E-state index in [0.717, 1.165) is 12.8 Å². The molecule has 0 amide bonds. The zero-order valence-corrected chi connectivity index (χ0v) is 14.3. The van der Waals surface area contributed by atoms with Crippen LogP contribution in [-0.4, -0.2) is 46.8 Å². The Labute approximate surface area is 120 Å². The van der Waals surface area contributed by atoms with Gasteiger partial charge in [0.2, 0.25) is 0 Å². The molecule has 0 bridgehead atoms. The minimum atomic E-state index is -3.23. The van der Waals surface area contributed by atoms with Crippen molar-refractivity contribution in [2.75, 3.05) is 33.5 Å². The van der Waals surface area contributed by atoms with Crippen molar-refractivity contribution < 1.29 is 12.6 Å². The highest BCUT2D eigenvalue weighted by atomic mass is 32.2. The van der Waals surface area contributed by atoms with Gasteiger partial charge in [0.1, 0.15) is 0 Å². The molecule has 0 heterocycles.